The van der Waals surface area contributed by atoms with Crippen molar-refractivity contribution in [3.63, 3.8) is 0 Å². The predicted molar refractivity (Wildman–Crippen MR) is 62.1 cm³/mol. The van der Waals surface area contributed by atoms with Crippen molar-refractivity contribution in [3.8, 4) is 0 Å². The summed E-state index contributed by atoms with van der Waals surface area (Å²) in [5, 5.41) is 0. The van der Waals surface area contributed by atoms with Gasteiger partial charge < -0.3 is 15.2 Å². The number of aryl methyl sites for hydroxylation is 1. The van der Waals surface area contributed by atoms with Crippen LogP contribution < -0.4 is 11.3 Å². The van der Waals surface area contributed by atoms with Crippen LogP contribution in [0.25, 0.3) is 0 Å². The number of rotatable bonds is 4. The van der Waals surface area contributed by atoms with E-state index in [-0.39, 0.29) is 17.5 Å². The minimum Gasteiger partial charge on any atom is -0.394 e. The van der Waals surface area contributed by atoms with Crippen molar-refractivity contribution in [2.45, 2.75) is 33.3 Å². The first-order valence-electron chi connectivity index (χ1n) is 5.12. The second-order valence-corrected chi connectivity index (χ2v) is 3.66. The SMILES string of the molecule is COC(C)OC(C)n1ccc(C)c(N)c1=O. The zero-order valence-electron chi connectivity index (χ0n) is 10.1. The lowest BCUT2D eigenvalue weighted by atomic mass is 10.2. The number of aromatic nitrogens is 1. The van der Waals surface area contributed by atoms with Crippen molar-refractivity contribution in [2.24, 2.45) is 0 Å². The summed E-state index contributed by atoms with van der Waals surface area (Å²) in [5.41, 5.74) is 6.45. The van der Waals surface area contributed by atoms with Gasteiger partial charge in [0.15, 0.2) is 6.29 Å². The van der Waals surface area contributed by atoms with Gasteiger partial charge in [-0.25, -0.2) is 0 Å². The second kappa shape index (κ2) is 5.14. The lowest BCUT2D eigenvalue weighted by Gasteiger charge is -2.20. The van der Waals surface area contributed by atoms with Crippen LogP contribution in [0.3, 0.4) is 0 Å². The fourth-order valence-electron chi connectivity index (χ4n) is 1.34. The Morgan fingerprint density at radius 1 is 1.44 bits per heavy atom. The molecule has 0 aromatic carbocycles. The van der Waals surface area contributed by atoms with E-state index in [4.69, 9.17) is 15.2 Å². The fourth-order valence-corrected chi connectivity index (χ4v) is 1.34. The van der Waals surface area contributed by atoms with Gasteiger partial charge in [0.05, 0.1) is 0 Å². The molecule has 90 valence electrons. The average molecular weight is 226 g/mol. The number of methoxy groups -OCH3 is 1. The van der Waals surface area contributed by atoms with Crippen LogP contribution in [0.15, 0.2) is 17.1 Å². The summed E-state index contributed by atoms with van der Waals surface area (Å²) in [6, 6.07) is 1.79. The van der Waals surface area contributed by atoms with Crippen LogP contribution >= 0.6 is 0 Å². The molecular formula is C11H18N2O3. The Kier molecular flexibility index (Phi) is 4.09. The average Bonchev–Trinajstić information content (AvgIpc) is 2.25. The first-order chi connectivity index (χ1) is 7.47. The van der Waals surface area contributed by atoms with Gasteiger partial charge in [0.25, 0.3) is 5.56 Å². The fraction of sp³-hybridized carbons (Fsp3) is 0.545. The van der Waals surface area contributed by atoms with Crippen molar-refractivity contribution in [3.05, 3.63) is 28.2 Å². The van der Waals surface area contributed by atoms with E-state index in [0.717, 1.165) is 5.56 Å². The smallest absolute Gasteiger partial charge is 0.276 e. The monoisotopic (exact) mass is 226 g/mol. The molecule has 0 fully saturated rings. The minimum absolute atomic E-state index is 0.240. The number of hydrogen-bond donors (Lipinski definition) is 1. The first-order valence-corrected chi connectivity index (χ1v) is 5.12. The van der Waals surface area contributed by atoms with Crippen molar-refractivity contribution < 1.29 is 9.47 Å². The van der Waals surface area contributed by atoms with Gasteiger partial charge in [0, 0.05) is 13.3 Å². The molecule has 0 saturated carbocycles. The zero-order valence-corrected chi connectivity index (χ0v) is 10.1. The second-order valence-electron chi connectivity index (χ2n) is 3.66. The number of pyridine rings is 1. The summed E-state index contributed by atoms with van der Waals surface area (Å²) in [7, 11) is 1.55. The Morgan fingerprint density at radius 3 is 2.62 bits per heavy atom. The van der Waals surface area contributed by atoms with E-state index >= 15 is 0 Å². The third-order valence-electron chi connectivity index (χ3n) is 2.49. The van der Waals surface area contributed by atoms with Crippen LogP contribution in [0.5, 0.6) is 0 Å². The highest BCUT2D eigenvalue weighted by Gasteiger charge is 2.12. The van der Waals surface area contributed by atoms with Gasteiger partial charge in [-0.2, -0.15) is 0 Å². The van der Waals surface area contributed by atoms with Gasteiger partial charge >= 0.3 is 0 Å². The molecule has 5 nitrogen and oxygen atoms in total. The summed E-state index contributed by atoms with van der Waals surface area (Å²) in [4.78, 5) is 11.8. The molecule has 1 aromatic heterocycles. The third kappa shape index (κ3) is 2.62. The van der Waals surface area contributed by atoms with E-state index in [9.17, 15) is 4.79 Å². The minimum atomic E-state index is -0.412. The molecule has 1 heterocycles. The molecule has 0 aliphatic rings. The maximum atomic E-state index is 11.8. The zero-order chi connectivity index (χ0) is 12.3. The van der Waals surface area contributed by atoms with Gasteiger partial charge in [-0.15, -0.1) is 0 Å². The van der Waals surface area contributed by atoms with Crippen molar-refractivity contribution in [1.82, 2.24) is 4.57 Å². The number of nitrogens with zero attached hydrogens (tertiary/aromatic N) is 1. The molecule has 2 N–H and O–H groups in total. The van der Waals surface area contributed by atoms with Gasteiger partial charge in [0.2, 0.25) is 0 Å². The Bertz CT molecular complexity index is 414. The number of hydrogen-bond acceptors (Lipinski definition) is 4. The largest absolute Gasteiger partial charge is 0.394 e. The van der Waals surface area contributed by atoms with E-state index in [0.29, 0.717) is 0 Å². The van der Waals surface area contributed by atoms with Crippen LogP contribution in [0.1, 0.15) is 25.6 Å². The molecule has 0 aliphatic carbocycles. The first kappa shape index (κ1) is 12.7. The maximum absolute atomic E-state index is 11.8. The highest BCUT2D eigenvalue weighted by molar-refractivity contribution is 5.43. The molecule has 5 heteroatoms. The predicted octanol–water partition coefficient (Wildman–Crippen LogP) is 1.27. The molecule has 0 spiro atoms. The van der Waals surface area contributed by atoms with E-state index < -0.39 is 6.23 Å². The van der Waals surface area contributed by atoms with Crippen molar-refractivity contribution in [2.75, 3.05) is 12.8 Å². The molecule has 0 radical (unpaired) electrons. The summed E-state index contributed by atoms with van der Waals surface area (Å²) < 4.78 is 11.9. The van der Waals surface area contributed by atoms with Crippen LogP contribution in [0.2, 0.25) is 0 Å². The van der Waals surface area contributed by atoms with E-state index in [1.807, 2.05) is 0 Å². The summed E-state index contributed by atoms with van der Waals surface area (Å²) >= 11 is 0. The molecule has 0 bridgehead atoms. The van der Waals surface area contributed by atoms with Crippen molar-refractivity contribution in [1.29, 1.82) is 0 Å². The molecule has 2 atom stereocenters. The summed E-state index contributed by atoms with van der Waals surface area (Å²) in [6.45, 7) is 5.33. The standard InChI is InChI=1S/C11H18N2O3/c1-7-5-6-13(11(14)10(7)12)8(2)16-9(3)15-4/h5-6,8-9H,12H2,1-4H3. The maximum Gasteiger partial charge on any atom is 0.276 e. The summed E-state index contributed by atoms with van der Waals surface area (Å²) in [5.74, 6) is 0. The molecule has 0 saturated heterocycles. The van der Waals surface area contributed by atoms with E-state index in [1.54, 1.807) is 40.1 Å². The quantitative estimate of drug-likeness (QED) is 0.785. The number of nitrogen functional groups attached to an aromatic ring is 1. The lowest BCUT2D eigenvalue weighted by Crippen LogP contribution is -2.29. The Balaban J connectivity index is 2.97. The molecule has 1 rings (SSSR count). The molecule has 1 aromatic rings. The van der Waals surface area contributed by atoms with E-state index in [2.05, 4.69) is 0 Å². The van der Waals surface area contributed by atoms with Gasteiger partial charge in [0.1, 0.15) is 11.9 Å². The topological polar surface area (TPSA) is 66.5 Å². The van der Waals surface area contributed by atoms with E-state index in [1.165, 1.54) is 4.57 Å². The molecule has 0 aliphatic heterocycles. The third-order valence-corrected chi connectivity index (χ3v) is 2.49. The van der Waals surface area contributed by atoms with Crippen LogP contribution in [0.4, 0.5) is 5.69 Å². The number of ether oxygens (including phenoxy) is 2. The van der Waals surface area contributed by atoms with Gasteiger partial charge in [-0.05, 0) is 32.4 Å². The van der Waals surface area contributed by atoms with Crippen LogP contribution in [0, 0.1) is 6.92 Å². The van der Waals surface area contributed by atoms with Gasteiger partial charge in [-0.1, -0.05) is 0 Å². The highest BCUT2D eigenvalue weighted by atomic mass is 16.7. The van der Waals surface area contributed by atoms with Gasteiger partial charge in [-0.3, -0.25) is 9.36 Å². The Hall–Kier alpha value is -1.33. The lowest BCUT2D eigenvalue weighted by molar-refractivity contribution is -0.161. The van der Waals surface area contributed by atoms with Crippen LogP contribution in [-0.4, -0.2) is 18.0 Å². The highest BCUT2D eigenvalue weighted by Crippen LogP contribution is 2.11. The molecule has 2 unspecified atom stereocenters. The van der Waals surface area contributed by atoms with Crippen LogP contribution in [-0.2, 0) is 9.47 Å². The molecule has 0 amide bonds. The Labute approximate surface area is 94.8 Å². The summed E-state index contributed by atoms with van der Waals surface area (Å²) in [6.07, 6.45) is 0.885. The molecular weight excluding hydrogens is 208 g/mol. The Morgan fingerprint density at radius 2 is 2.06 bits per heavy atom. The van der Waals surface area contributed by atoms with Crippen molar-refractivity contribution >= 4 is 5.69 Å². The normalized spacial score (nSPS) is 14.8. The number of anilines is 1. The number of nitrogens with two attached hydrogens (primary N) is 1. The molecule has 16 heavy (non-hydrogen) atoms.